The van der Waals surface area contributed by atoms with Crippen LogP contribution in [-0.4, -0.2) is 69.1 Å². The molecule has 186 valence electrons. The van der Waals surface area contributed by atoms with Crippen LogP contribution in [0, 0.1) is 0 Å². The van der Waals surface area contributed by atoms with E-state index in [0.717, 1.165) is 43.8 Å². The molecule has 0 aliphatic carbocycles. The number of nitrogens with one attached hydrogen (secondary N) is 1. The number of amides is 2. The van der Waals surface area contributed by atoms with E-state index in [-0.39, 0.29) is 17.9 Å². The number of carbonyl (C=O) groups excluding carboxylic acids is 2. The molecule has 2 amide bonds. The number of carbonyl (C=O) groups is 2. The van der Waals surface area contributed by atoms with E-state index >= 15 is 0 Å². The summed E-state index contributed by atoms with van der Waals surface area (Å²) < 4.78 is 10.9. The molecule has 8 heteroatoms. The molecule has 2 aromatic rings. The first-order chi connectivity index (χ1) is 16.5. The first kappa shape index (κ1) is 26.0. The molecule has 2 atom stereocenters. The number of likely N-dealkylation sites (N-methyl/N-ethyl adjacent to an activating group) is 1. The molecule has 0 saturated carbocycles. The van der Waals surface area contributed by atoms with Crippen LogP contribution in [0.5, 0.6) is 11.5 Å². The summed E-state index contributed by atoms with van der Waals surface area (Å²) >= 11 is 1.56. The van der Waals surface area contributed by atoms with Gasteiger partial charge in [0.1, 0.15) is 0 Å². The van der Waals surface area contributed by atoms with Gasteiger partial charge in [-0.1, -0.05) is 19.9 Å². The highest BCUT2D eigenvalue weighted by molar-refractivity contribution is 7.10. The number of nitrogens with zero attached hydrogens (tertiary/aromatic N) is 2. The Morgan fingerprint density at radius 1 is 1.12 bits per heavy atom. The molecule has 1 N–H and O–H groups in total. The zero-order valence-corrected chi connectivity index (χ0v) is 21.7. The van der Waals surface area contributed by atoms with Gasteiger partial charge in [0.2, 0.25) is 5.91 Å². The van der Waals surface area contributed by atoms with E-state index in [2.05, 4.69) is 24.1 Å². The van der Waals surface area contributed by atoms with Crippen molar-refractivity contribution in [3.8, 4) is 11.5 Å². The van der Waals surface area contributed by atoms with Crippen molar-refractivity contribution in [1.82, 2.24) is 15.1 Å². The molecule has 1 aromatic carbocycles. The highest BCUT2D eigenvalue weighted by Crippen LogP contribution is 2.46. The van der Waals surface area contributed by atoms with E-state index in [9.17, 15) is 9.59 Å². The van der Waals surface area contributed by atoms with Gasteiger partial charge in [-0.25, -0.2) is 0 Å². The first-order valence-corrected chi connectivity index (χ1v) is 12.9. The van der Waals surface area contributed by atoms with Gasteiger partial charge in [0, 0.05) is 24.0 Å². The SMILES string of the molecule is CCCN(CCC)CCCNC(=O)[C@@H]1c2cc(OC)c(OC)cc2C(=O)N(C)[C@H]1c1cccs1. The summed E-state index contributed by atoms with van der Waals surface area (Å²) in [6.07, 6.45) is 3.13. The molecule has 2 heterocycles. The number of methoxy groups -OCH3 is 2. The molecule has 0 fully saturated rings. The maximum atomic E-state index is 13.6. The average molecular weight is 488 g/mol. The van der Waals surface area contributed by atoms with Crippen molar-refractivity contribution in [3.05, 3.63) is 45.6 Å². The van der Waals surface area contributed by atoms with Gasteiger partial charge in [-0.3, -0.25) is 9.59 Å². The molecule has 0 unspecified atom stereocenters. The lowest BCUT2D eigenvalue weighted by molar-refractivity contribution is -0.124. The second-order valence-corrected chi connectivity index (χ2v) is 9.61. The van der Waals surface area contributed by atoms with Gasteiger partial charge in [-0.05, 0) is 68.0 Å². The Balaban J connectivity index is 1.88. The van der Waals surface area contributed by atoms with Gasteiger partial charge in [0.15, 0.2) is 11.5 Å². The standard InChI is InChI=1S/C26H37N3O4S/c1-6-12-29(13-7-2)14-9-11-27-25(30)23-18-16-20(32-4)21(33-5)17-19(18)26(31)28(3)24(23)22-10-8-15-34-22/h8,10,15-17,23-24H,6-7,9,11-14H2,1-5H3,(H,27,30)/t23-,24+/m1/s1. The van der Waals surface area contributed by atoms with Crippen LogP contribution in [0.3, 0.4) is 0 Å². The summed E-state index contributed by atoms with van der Waals surface area (Å²) in [6.45, 7) is 8.09. The van der Waals surface area contributed by atoms with E-state index in [1.165, 1.54) is 0 Å². The minimum Gasteiger partial charge on any atom is -0.493 e. The fraction of sp³-hybridized carbons (Fsp3) is 0.538. The molecule has 3 rings (SSSR count). The number of thiophene rings is 1. The Bertz CT molecular complexity index is 957. The van der Waals surface area contributed by atoms with Gasteiger partial charge in [0.25, 0.3) is 5.91 Å². The van der Waals surface area contributed by atoms with E-state index in [1.54, 1.807) is 49.6 Å². The van der Waals surface area contributed by atoms with Gasteiger partial charge in [-0.2, -0.15) is 0 Å². The van der Waals surface area contributed by atoms with Crippen LogP contribution in [-0.2, 0) is 4.79 Å². The summed E-state index contributed by atoms with van der Waals surface area (Å²) in [6, 6.07) is 7.03. The van der Waals surface area contributed by atoms with E-state index in [0.29, 0.717) is 29.2 Å². The van der Waals surface area contributed by atoms with E-state index in [4.69, 9.17) is 9.47 Å². The Morgan fingerprint density at radius 3 is 2.38 bits per heavy atom. The number of rotatable bonds is 12. The summed E-state index contributed by atoms with van der Waals surface area (Å²) in [5.74, 6) is 0.232. The predicted molar refractivity (Wildman–Crippen MR) is 136 cm³/mol. The van der Waals surface area contributed by atoms with Crippen molar-refractivity contribution in [3.63, 3.8) is 0 Å². The lowest BCUT2D eigenvalue weighted by Gasteiger charge is -2.39. The van der Waals surface area contributed by atoms with Crippen LogP contribution < -0.4 is 14.8 Å². The summed E-state index contributed by atoms with van der Waals surface area (Å²) in [7, 11) is 4.87. The lowest BCUT2D eigenvalue weighted by Crippen LogP contribution is -2.45. The van der Waals surface area contributed by atoms with Crippen molar-refractivity contribution in [1.29, 1.82) is 0 Å². The van der Waals surface area contributed by atoms with Crippen molar-refractivity contribution in [2.24, 2.45) is 0 Å². The monoisotopic (exact) mass is 487 g/mol. The Labute approximate surface area is 207 Å². The summed E-state index contributed by atoms with van der Waals surface area (Å²) in [4.78, 5) is 32.1. The van der Waals surface area contributed by atoms with Crippen molar-refractivity contribution < 1.29 is 19.1 Å². The molecule has 1 aromatic heterocycles. The molecule has 0 saturated heterocycles. The second kappa shape index (κ2) is 12.2. The highest BCUT2D eigenvalue weighted by atomic mass is 32.1. The topological polar surface area (TPSA) is 71.1 Å². The molecule has 0 radical (unpaired) electrons. The molecule has 34 heavy (non-hydrogen) atoms. The Morgan fingerprint density at radius 2 is 1.79 bits per heavy atom. The highest BCUT2D eigenvalue weighted by Gasteiger charge is 2.43. The van der Waals surface area contributed by atoms with Gasteiger partial charge in [-0.15, -0.1) is 11.3 Å². The quantitative estimate of drug-likeness (QED) is 0.452. The summed E-state index contributed by atoms with van der Waals surface area (Å²) in [5.41, 5.74) is 1.15. The van der Waals surface area contributed by atoms with Crippen LogP contribution in [0.4, 0.5) is 0 Å². The lowest BCUT2D eigenvalue weighted by atomic mass is 9.81. The van der Waals surface area contributed by atoms with Gasteiger partial charge < -0.3 is 24.6 Å². The molecule has 1 aliphatic rings. The molecular formula is C26H37N3O4S. The largest absolute Gasteiger partial charge is 0.493 e. The molecule has 1 aliphatic heterocycles. The number of fused-ring (bicyclic) bond motifs is 1. The molecule has 0 bridgehead atoms. The zero-order chi connectivity index (χ0) is 24.7. The first-order valence-electron chi connectivity index (χ1n) is 12.0. The normalized spacial score (nSPS) is 17.6. The number of ether oxygens (including phenoxy) is 2. The van der Waals surface area contributed by atoms with E-state index < -0.39 is 5.92 Å². The smallest absolute Gasteiger partial charge is 0.254 e. The third kappa shape index (κ3) is 5.55. The molecule has 7 nitrogen and oxygen atoms in total. The fourth-order valence-electron chi connectivity index (χ4n) is 4.74. The van der Waals surface area contributed by atoms with Gasteiger partial charge in [0.05, 0.1) is 26.2 Å². The van der Waals surface area contributed by atoms with Crippen LogP contribution in [0.25, 0.3) is 0 Å². The minimum absolute atomic E-state index is 0.0799. The Kier molecular flexibility index (Phi) is 9.36. The maximum Gasteiger partial charge on any atom is 0.254 e. The van der Waals surface area contributed by atoms with Crippen molar-refractivity contribution in [2.45, 2.75) is 45.1 Å². The molecule has 0 spiro atoms. The number of benzene rings is 1. The number of hydrogen-bond acceptors (Lipinski definition) is 6. The van der Waals surface area contributed by atoms with E-state index in [1.807, 2.05) is 17.5 Å². The van der Waals surface area contributed by atoms with Crippen molar-refractivity contribution in [2.75, 3.05) is 47.4 Å². The Hall–Kier alpha value is -2.58. The van der Waals surface area contributed by atoms with Crippen LogP contribution in [0.1, 0.15) is 65.9 Å². The van der Waals surface area contributed by atoms with Crippen molar-refractivity contribution >= 4 is 23.2 Å². The minimum atomic E-state index is -0.543. The predicted octanol–water partition coefficient (Wildman–Crippen LogP) is 4.30. The third-order valence-corrected chi connectivity index (χ3v) is 7.26. The van der Waals surface area contributed by atoms with Crippen LogP contribution in [0.2, 0.25) is 0 Å². The van der Waals surface area contributed by atoms with Gasteiger partial charge >= 0.3 is 0 Å². The summed E-state index contributed by atoms with van der Waals surface area (Å²) in [5, 5.41) is 5.13. The zero-order valence-electron chi connectivity index (χ0n) is 20.9. The maximum absolute atomic E-state index is 13.6. The van der Waals surface area contributed by atoms with Crippen LogP contribution >= 0.6 is 11.3 Å². The second-order valence-electron chi connectivity index (χ2n) is 8.63. The third-order valence-electron chi connectivity index (χ3n) is 6.32. The van der Waals surface area contributed by atoms with Crippen LogP contribution in [0.15, 0.2) is 29.6 Å². The average Bonchev–Trinajstić information content (AvgIpc) is 3.37. The molecular weight excluding hydrogens is 450 g/mol. The number of hydrogen-bond donors (Lipinski definition) is 1. The fourth-order valence-corrected chi connectivity index (χ4v) is 5.64.